The number of amides is 2. The summed E-state index contributed by atoms with van der Waals surface area (Å²) >= 11 is 0. The minimum absolute atomic E-state index is 0.0118. The molecule has 0 aromatic heterocycles. The highest BCUT2D eigenvalue weighted by molar-refractivity contribution is 5.88. The lowest BCUT2D eigenvalue weighted by molar-refractivity contribution is -0.129. The van der Waals surface area contributed by atoms with Gasteiger partial charge in [-0.3, -0.25) is 9.59 Å². The van der Waals surface area contributed by atoms with Gasteiger partial charge in [-0.2, -0.15) is 0 Å². The summed E-state index contributed by atoms with van der Waals surface area (Å²) in [7, 11) is 3.99. The molecule has 0 saturated carbocycles. The topological polar surface area (TPSA) is 66.6 Å². The van der Waals surface area contributed by atoms with Crippen LogP contribution in [0.2, 0.25) is 0 Å². The van der Waals surface area contributed by atoms with Crippen LogP contribution >= 0.6 is 0 Å². The van der Waals surface area contributed by atoms with E-state index in [1.165, 1.54) is 11.1 Å². The average molecular weight is 289 g/mol. The Balaban J connectivity index is 2.12. The molecule has 1 fully saturated rings. The molecule has 5 heteroatoms. The molecule has 5 nitrogen and oxygen atoms in total. The van der Waals surface area contributed by atoms with Crippen molar-refractivity contribution in [2.45, 2.75) is 19.4 Å². The first-order valence-electron chi connectivity index (χ1n) is 7.18. The molecule has 2 amide bonds. The van der Waals surface area contributed by atoms with Gasteiger partial charge in [-0.05, 0) is 26.6 Å². The maximum Gasteiger partial charge on any atom is 0.223 e. The number of likely N-dealkylation sites (tertiary alicyclic amines) is 1. The number of hydrogen-bond acceptors (Lipinski definition) is 3. The van der Waals surface area contributed by atoms with Crippen molar-refractivity contribution in [1.29, 1.82) is 0 Å². The largest absolute Gasteiger partial charge is 0.369 e. The van der Waals surface area contributed by atoms with Gasteiger partial charge < -0.3 is 15.5 Å². The molecule has 1 aromatic rings. The number of hydrogen-bond donors (Lipinski definition) is 1. The van der Waals surface area contributed by atoms with E-state index < -0.39 is 0 Å². The van der Waals surface area contributed by atoms with Crippen LogP contribution < -0.4 is 5.73 Å². The minimum atomic E-state index is -0.386. The van der Waals surface area contributed by atoms with E-state index in [9.17, 15) is 9.59 Å². The van der Waals surface area contributed by atoms with Gasteiger partial charge in [0.1, 0.15) is 0 Å². The molecule has 1 aliphatic heterocycles. The van der Waals surface area contributed by atoms with Gasteiger partial charge in [0, 0.05) is 19.5 Å². The van der Waals surface area contributed by atoms with E-state index in [4.69, 9.17) is 5.73 Å². The van der Waals surface area contributed by atoms with Crippen molar-refractivity contribution in [2.24, 2.45) is 11.7 Å². The summed E-state index contributed by atoms with van der Waals surface area (Å²) in [4.78, 5) is 27.1. The number of nitrogens with zero attached hydrogens (tertiary/aromatic N) is 2. The lowest BCUT2D eigenvalue weighted by Gasteiger charge is -2.29. The SMILES string of the molecule is Cc1ccc(C(CN2CC(C(N)=O)CC2=O)N(C)C)cc1. The fourth-order valence-electron chi connectivity index (χ4n) is 2.70. The van der Waals surface area contributed by atoms with Crippen molar-refractivity contribution in [3.05, 3.63) is 35.4 Å². The number of nitrogens with two attached hydrogens (primary N) is 1. The second kappa shape index (κ2) is 6.26. The van der Waals surface area contributed by atoms with Crippen molar-refractivity contribution in [2.75, 3.05) is 27.2 Å². The monoisotopic (exact) mass is 289 g/mol. The van der Waals surface area contributed by atoms with Crippen LogP contribution in [0.4, 0.5) is 0 Å². The number of primary amides is 1. The molecular weight excluding hydrogens is 266 g/mol. The lowest BCUT2D eigenvalue weighted by Crippen LogP contribution is -2.36. The minimum Gasteiger partial charge on any atom is -0.369 e. The van der Waals surface area contributed by atoms with Crippen LogP contribution in [0.15, 0.2) is 24.3 Å². The maximum atomic E-state index is 12.0. The molecule has 0 bridgehead atoms. The fourth-order valence-corrected chi connectivity index (χ4v) is 2.70. The number of carbonyl (C=O) groups excluding carboxylic acids is 2. The molecule has 1 saturated heterocycles. The first-order valence-corrected chi connectivity index (χ1v) is 7.18. The van der Waals surface area contributed by atoms with Gasteiger partial charge in [0.2, 0.25) is 11.8 Å². The summed E-state index contributed by atoms with van der Waals surface area (Å²) in [5.74, 6) is -0.723. The summed E-state index contributed by atoms with van der Waals surface area (Å²) in [5.41, 5.74) is 7.69. The third-order valence-electron chi connectivity index (χ3n) is 4.10. The van der Waals surface area contributed by atoms with Crippen LogP contribution in [0.5, 0.6) is 0 Å². The standard InChI is InChI=1S/C16H23N3O2/c1-11-4-6-12(7-5-11)14(18(2)3)10-19-9-13(16(17)21)8-15(19)20/h4-7,13-14H,8-10H2,1-3H3,(H2,17,21). The zero-order chi connectivity index (χ0) is 15.6. The molecule has 0 radical (unpaired) electrons. The molecule has 1 aliphatic rings. The number of likely N-dealkylation sites (N-methyl/N-ethyl adjacent to an activating group) is 1. The quantitative estimate of drug-likeness (QED) is 0.877. The zero-order valence-electron chi connectivity index (χ0n) is 12.9. The van der Waals surface area contributed by atoms with Crippen LogP contribution in [0, 0.1) is 12.8 Å². The summed E-state index contributed by atoms with van der Waals surface area (Å²) in [6.45, 7) is 3.07. The Kier molecular flexibility index (Phi) is 4.63. The molecule has 21 heavy (non-hydrogen) atoms. The highest BCUT2D eigenvalue weighted by atomic mass is 16.2. The van der Waals surface area contributed by atoms with Crippen molar-refractivity contribution in [1.82, 2.24) is 9.80 Å². The molecule has 2 rings (SSSR count). The third-order valence-corrected chi connectivity index (χ3v) is 4.10. The zero-order valence-corrected chi connectivity index (χ0v) is 12.9. The summed E-state index contributed by atoms with van der Waals surface area (Å²) < 4.78 is 0. The van der Waals surface area contributed by atoms with Crippen LogP contribution in [0.3, 0.4) is 0 Å². The molecule has 2 N–H and O–H groups in total. The second-order valence-electron chi connectivity index (χ2n) is 5.99. The second-order valence-corrected chi connectivity index (χ2v) is 5.99. The average Bonchev–Trinajstić information content (AvgIpc) is 2.78. The fraction of sp³-hybridized carbons (Fsp3) is 0.500. The lowest BCUT2D eigenvalue weighted by atomic mass is 10.0. The van der Waals surface area contributed by atoms with Crippen LogP contribution in [0.25, 0.3) is 0 Å². The highest BCUT2D eigenvalue weighted by Gasteiger charge is 2.34. The van der Waals surface area contributed by atoms with E-state index in [0.29, 0.717) is 13.1 Å². The molecule has 114 valence electrons. The van der Waals surface area contributed by atoms with E-state index in [1.807, 2.05) is 14.1 Å². The van der Waals surface area contributed by atoms with Crippen LogP contribution in [-0.4, -0.2) is 48.8 Å². The predicted molar refractivity (Wildman–Crippen MR) is 81.5 cm³/mol. The maximum absolute atomic E-state index is 12.0. The smallest absolute Gasteiger partial charge is 0.223 e. The Labute approximate surface area is 125 Å². The van der Waals surface area contributed by atoms with E-state index >= 15 is 0 Å². The number of carbonyl (C=O) groups is 2. The molecule has 2 unspecified atom stereocenters. The van der Waals surface area contributed by atoms with Crippen molar-refractivity contribution in [3.63, 3.8) is 0 Å². The van der Waals surface area contributed by atoms with Gasteiger partial charge in [-0.1, -0.05) is 29.8 Å². The molecule has 1 heterocycles. The van der Waals surface area contributed by atoms with Crippen molar-refractivity contribution in [3.8, 4) is 0 Å². The van der Waals surface area contributed by atoms with Crippen LogP contribution in [-0.2, 0) is 9.59 Å². The van der Waals surface area contributed by atoms with E-state index in [1.54, 1.807) is 4.90 Å². The summed E-state index contributed by atoms with van der Waals surface area (Å²) in [6.07, 6.45) is 0.239. The van der Waals surface area contributed by atoms with Gasteiger partial charge in [-0.25, -0.2) is 0 Å². The third kappa shape index (κ3) is 3.61. The Morgan fingerprint density at radius 1 is 1.38 bits per heavy atom. The Morgan fingerprint density at radius 3 is 2.48 bits per heavy atom. The molecular formula is C16H23N3O2. The van der Waals surface area contributed by atoms with Gasteiger partial charge in [0.15, 0.2) is 0 Å². The molecule has 2 atom stereocenters. The Bertz CT molecular complexity index is 525. The molecule has 0 aliphatic carbocycles. The van der Waals surface area contributed by atoms with E-state index in [-0.39, 0.29) is 30.2 Å². The highest BCUT2D eigenvalue weighted by Crippen LogP contribution is 2.24. The number of rotatable bonds is 5. The number of benzene rings is 1. The van der Waals surface area contributed by atoms with E-state index in [0.717, 1.165) is 0 Å². The van der Waals surface area contributed by atoms with Crippen molar-refractivity contribution >= 4 is 11.8 Å². The number of aryl methyl sites for hydroxylation is 1. The van der Waals surface area contributed by atoms with Gasteiger partial charge in [-0.15, -0.1) is 0 Å². The van der Waals surface area contributed by atoms with Gasteiger partial charge >= 0.3 is 0 Å². The Hall–Kier alpha value is -1.88. The normalized spacial score (nSPS) is 20.1. The predicted octanol–water partition coefficient (Wildman–Crippen LogP) is 0.932. The van der Waals surface area contributed by atoms with Gasteiger partial charge in [0.05, 0.1) is 12.0 Å². The summed E-state index contributed by atoms with van der Waals surface area (Å²) in [6, 6.07) is 8.44. The summed E-state index contributed by atoms with van der Waals surface area (Å²) in [5, 5.41) is 0. The molecule has 1 aromatic carbocycles. The first kappa shape index (κ1) is 15.5. The first-order chi connectivity index (χ1) is 9.88. The Morgan fingerprint density at radius 2 is 2.00 bits per heavy atom. The van der Waals surface area contributed by atoms with E-state index in [2.05, 4.69) is 36.1 Å². The van der Waals surface area contributed by atoms with Crippen molar-refractivity contribution < 1.29 is 9.59 Å². The van der Waals surface area contributed by atoms with Gasteiger partial charge in [0.25, 0.3) is 0 Å². The molecule has 0 spiro atoms. The van der Waals surface area contributed by atoms with Crippen LogP contribution in [0.1, 0.15) is 23.6 Å².